The summed E-state index contributed by atoms with van der Waals surface area (Å²) in [5.74, 6) is 0.484. The summed E-state index contributed by atoms with van der Waals surface area (Å²) >= 11 is 0. The van der Waals surface area contributed by atoms with Crippen LogP contribution < -0.4 is 5.59 Å². The minimum atomic E-state index is -0.511. The quantitative estimate of drug-likeness (QED) is 0.576. The van der Waals surface area contributed by atoms with Crippen LogP contribution in [0.5, 0.6) is 0 Å². The van der Waals surface area contributed by atoms with Gasteiger partial charge in [0.25, 0.3) is 0 Å². The Morgan fingerprint density at radius 3 is 2.44 bits per heavy atom. The first-order valence-electron chi connectivity index (χ1n) is 5.97. The predicted molar refractivity (Wildman–Crippen MR) is 67.5 cm³/mol. The van der Waals surface area contributed by atoms with Crippen molar-refractivity contribution in [1.29, 1.82) is 0 Å². The van der Waals surface area contributed by atoms with Gasteiger partial charge in [0, 0.05) is 6.20 Å². The SMILES string of the molecule is CC1(C)OB(c2ccnc(CC=O)n2)OC1(C)C. The molecule has 0 aromatic carbocycles. The van der Waals surface area contributed by atoms with Crippen LogP contribution in [0.4, 0.5) is 0 Å². The molecule has 2 rings (SSSR count). The van der Waals surface area contributed by atoms with E-state index in [9.17, 15) is 4.79 Å². The number of carbonyl (C=O) groups excluding carboxylic acids is 1. The molecule has 1 saturated heterocycles. The third-order valence-electron chi connectivity index (χ3n) is 3.49. The van der Waals surface area contributed by atoms with Crippen molar-refractivity contribution in [1.82, 2.24) is 9.97 Å². The first kappa shape index (κ1) is 13.2. The fourth-order valence-electron chi connectivity index (χ4n) is 1.68. The van der Waals surface area contributed by atoms with Gasteiger partial charge in [-0.05, 0) is 33.8 Å². The molecule has 1 aliphatic heterocycles. The topological polar surface area (TPSA) is 61.3 Å². The largest absolute Gasteiger partial charge is 0.514 e. The Kier molecular flexibility index (Phi) is 3.25. The van der Waals surface area contributed by atoms with E-state index in [1.807, 2.05) is 27.7 Å². The number of aldehydes is 1. The second-order valence-corrected chi connectivity index (χ2v) is 5.36. The average molecular weight is 248 g/mol. The number of hydrogen-bond donors (Lipinski definition) is 0. The van der Waals surface area contributed by atoms with Crippen LogP contribution in [0.15, 0.2) is 12.3 Å². The Labute approximate surface area is 107 Å². The monoisotopic (exact) mass is 248 g/mol. The number of aromatic nitrogens is 2. The van der Waals surface area contributed by atoms with Crippen LogP contribution in [-0.4, -0.2) is 34.6 Å². The molecular formula is C12H17BN2O3. The van der Waals surface area contributed by atoms with Gasteiger partial charge in [0.1, 0.15) is 12.1 Å². The summed E-state index contributed by atoms with van der Waals surface area (Å²) in [4.78, 5) is 18.8. The first-order chi connectivity index (χ1) is 8.36. The minimum absolute atomic E-state index is 0.202. The average Bonchev–Trinajstić information content (AvgIpc) is 2.49. The standard InChI is InChI=1S/C12H17BN2O3/c1-11(2)12(3,4)18-13(17-11)9-5-7-14-10(15-9)6-8-16/h5,7-8H,6H2,1-4H3. The van der Waals surface area contributed by atoms with Crippen molar-refractivity contribution in [3.63, 3.8) is 0 Å². The van der Waals surface area contributed by atoms with Crippen LogP contribution in [0.1, 0.15) is 33.5 Å². The van der Waals surface area contributed by atoms with Crippen molar-refractivity contribution in [3.8, 4) is 0 Å². The van der Waals surface area contributed by atoms with Gasteiger partial charge >= 0.3 is 7.12 Å². The molecule has 2 heterocycles. The van der Waals surface area contributed by atoms with Gasteiger partial charge in [-0.25, -0.2) is 9.97 Å². The molecule has 0 bridgehead atoms. The zero-order valence-electron chi connectivity index (χ0n) is 11.1. The maximum atomic E-state index is 10.5. The summed E-state index contributed by atoms with van der Waals surface area (Å²) in [6.07, 6.45) is 2.60. The number of carbonyl (C=O) groups is 1. The molecule has 0 atom stereocenters. The molecule has 1 aromatic rings. The Hall–Kier alpha value is -1.27. The van der Waals surface area contributed by atoms with E-state index in [1.54, 1.807) is 12.3 Å². The van der Waals surface area contributed by atoms with E-state index >= 15 is 0 Å². The highest BCUT2D eigenvalue weighted by atomic mass is 16.7. The lowest BCUT2D eigenvalue weighted by molar-refractivity contribution is -0.107. The number of hydrogen-bond acceptors (Lipinski definition) is 5. The van der Waals surface area contributed by atoms with E-state index in [2.05, 4.69) is 9.97 Å². The van der Waals surface area contributed by atoms with E-state index < -0.39 is 18.3 Å². The summed E-state index contributed by atoms with van der Waals surface area (Å²) in [5, 5.41) is 0. The lowest BCUT2D eigenvalue weighted by atomic mass is 9.84. The summed E-state index contributed by atoms with van der Waals surface area (Å²) in [6.45, 7) is 7.95. The van der Waals surface area contributed by atoms with Crippen LogP contribution in [0, 0.1) is 0 Å². The van der Waals surface area contributed by atoms with Gasteiger partial charge in [-0.1, -0.05) is 0 Å². The summed E-state index contributed by atoms with van der Waals surface area (Å²) in [7, 11) is -0.511. The Morgan fingerprint density at radius 2 is 1.89 bits per heavy atom. The number of nitrogens with zero attached hydrogens (tertiary/aromatic N) is 2. The summed E-state index contributed by atoms with van der Waals surface area (Å²) < 4.78 is 11.8. The molecule has 0 amide bonds. The van der Waals surface area contributed by atoms with Gasteiger partial charge in [0.15, 0.2) is 0 Å². The molecule has 0 saturated carbocycles. The Bertz CT molecular complexity index is 446. The normalized spacial score (nSPS) is 21.0. The Morgan fingerprint density at radius 1 is 1.28 bits per heavy atom. The van der Waals surface area contributed by atoms with Gasteiger partial charge in [-0.3, -0.25) is 0 Å². The molecule has 18 heavy (non-hydrogen) atoms. The molecule has 5 nitrogen and oxygen atoms in total. The molecule has 0 N–H and O–H groups in total. The lowest BCUT2D eigenvalue weighted by Crippen LogP contribution is -2.41. The van der Waals surface area contributed by atoms with Crippen LogP contribution in [-0.2, 0) is 20.5 Å². The molecule has 0 spiro atoms. The maximum Gasteiger partial charge on any atom is 0.514 e. The van der Waals surface area contributed by atoms with Crippen LogP contribution in [0.3, 0.4) is 0 Å². The Balaban J connectivity index is 2.24. The van der Waals surface area contributed by atoms with Crippen LogP contribution >= 0.6 is 0 Å². The molecule has 0 radical (unpaired) electrons. The smallest absolute Gasteiger partial charge is 0.398 e. The van der Waals surface area contributed by atoms with Gasteiger partial charge < -0.3 is 14.1 Å². The molecule has 0 unspecified atom stereocenters. The van der Waals surface area contributed by atoms with Crippen molar-refractivity contribution in [3.05, 3.63) is 18.1 Å². The summed E-state index contributed by atoms with van der Waals surface area (Å²) in [6, 6.07) is 1.75. The van der Waals surface area contributed by atoms with E-state index in [0.29, 0.717) is 11.4 Å². The van der Waals surface area contributed by atoms with Crippen molar-refractivity contribution in [2.24, 2.45) is 0 Å². The fourth-order valence-corrected chi connectivity index (χ4v) is 1.68. The van der Waals surface area contributed by atoms with Crippen molar-refractivity contribution in [2.75, 3.05) is 0 Å². The van der Waals surface area contributed by atoms with Gasteiger partial charge in [0.05, 0.1) is 23.2 Å². The second kappa shape index (κ2) is 4.44. The molecule has 0 aliphatic carbocycles. The van der Waals surface area contributed by atoms with Crippen LogP contribution in [0.2, 0.25) is 0 Å². The van der Waals surface area contributed by atoms with Crippen molar-refractivity contribution < 1.29 is 14.1 Å². The van der Waals surface area contributed by atoms with Gasteiger partial charge in [-0.15, -0.1) is 0 Å². The predicted octanol–water partition coefficient (Wildman–Crippen LogP) is 0.517. The highest BCUT2D eigenvalue weighted by Crippen LogP contribution is 2.36. The van der Waals surface area contributed by atoms with E-state index in [-0.39, 0.29) is 6.42 Å². The number of rotatable bonds is 3. The third-order valence-corrected chi connectivity index (χ3v) is 3.49. The van der Waals surface area contributed by atoms with E-state index in [0.717, 1.165) is 6.29 Å². The summed E-state index contributed by atoms with van der Waals surface area (Å²) in [5.41, 5.74) is -0.138. The fraction of sp³-hybridized carbons (Fsp3) is 0.583. The van der Waals surface area contributed by atoms with E-state index in [4.69, 9.17) is 9.31 Å². The van der Waals surface area contributed by atoms with Crippen molar-refractivity contribution in [2.45, 2.75) is 45.3 Å². The molecule has 96 valence electrons. The second-order valence-electron chi connectivity index (χ2n) is 5.36. The van der Waals surface area contributed by atoms with Crippen molar-refractivity contribution >= 4 is 19.0 Å². The van der Waals surface area contributed by atoms with E-state index in [1.165, 1.54) is 0 Å². The van der Waals surface area contributed by atoms with Crippen LogP contribution in [0.25, 0.3) is 0 Å². The highest BCUT2D eigenvalue weighted by molar-refractivity contribution is 6.61. The zero-order valence-corrected chi connectivity index (χ0v) is 11.1. The lowest BCUT2D eigenvalue weighted by Gasteiger charge is -2.32. The molecule has 1 aliphatic rings. The minimum Gasteiger partial charge on any atom is -0.398 e. The molecular weight excluding hydrogens is 231 g/mol. The zero-order chi connectivity index (χ0) is 13.4. The maximum absolute atomic E-state index is 10.5. The third kappa shape index (κ3) is 2.30. The first-order valence-corrected chi connectivity index (χ1v) is 5.97. The molecule has 1 aromatic heterocycles. The molecule has 1 fully saturated rings. The van der Waals surface area contributed by atoms with Gasteiger partial charge in [0.2, 0.25) is 0 Å². The van der Waals surface area contributed by atoms with Gasteiger partial charge in [-0.2, -0.15) is 0 Å². The molecule has 6 heteroatoms. The highest BCUT2D eigenvalue weighted by Gasteiger charge is 2.52.